The summed E-state index contributed by atoms with van der Waals surface area (Å²) in [5.41, 5.74) is 0. The van der Waals surface area contributed by atoms with Gasteiger partial charge in [-0.25, -0.2) is 4.39 Å². The Balaban J connectivity index is 2.38. The van der Waals surface area contributed by atoms with Crippen LogP contribution in [0.3, 0.4) is 0 Å². The predicted octanol–water partition coefficient (Wildman–Crippen LogP) is 4.13. The lowest BCUT2D eigenvalue weighted by Gasteiger charge is -2.11. The summed E-state index contributed by atoms with van der Waals surface area (Å²) in [4.78, 5) is -0.181. The molecule has 0 atom stereocenters. The van der Waals surface area contributed by atoms with Crippen LogP contribution in [-0.4, -0.2) is 15.5 Å². The van der Waals surface area contributed by atoms with E-state index in [4.69, 9.17) is 8.92 Å². The third kappa shape index (κ3) is 3.75. The van der Waals surface area contributed by atoms with E-state index < -0.39 is 15.9 Å². The second-order valence-electron chi connectivity index (χ2n) is 3.91. The molecule has 0 saturated carbocycles. The van der Waals surface area contributed by atoms with Gasteiger partial charge in [-0.2, -0.15) is 8.42 Å². The summed E-state index contributed by atoms with van der Waals surface area (Å²) in [6, 6.07) is 8.16. The monoisotopic (exact) mass is 438 g/mol. The van der Waals surface area contributed by atoms with Gasteiger partial charge in [0.05, 0.1) is 7.11 Å². The number of halogens is 3. The van der Waals surface area contributed by atoms with Gasteiger partial charge in [-0.05, 0) is 68.3 Å². The van der Waals surface area contributed by atoms with Gasteiger partial charge in [0.25, 0.3) is 0 Å². The molecule has 0 aromatic heterocycles. The van der Waals surface area contributed by atoms with Gasteiger partial charge in [-0.3, -0.25) is 0 Å². The minimum atomic E-state index is -4.11. The molecule has 0 amide bonds. The van der Waals surface area contributed by atoms with Crippen molar-refractivity contribution in [2.75, 3.05) is 7.11 Å². The van der Waals surface area contributed by atoms with Crippen molar-refractivity contribution in [3.8, 4) is 11.5 Å². The zero-order valence-electron chi connectivity index (χ0n) is 10.6. The van der Waals surface area contributed by atoms with E-state index in [1.807, 2.05) is 0 Å². The molecule has 0 spiro atoms. The van der Waals surface area contributed by atoms with Crippen molar-refractivity contribution in [1.82, 2.24) is 0 Å². The quantitative estimate of drug-likeness (QED) is 0.672. The Kier molecular flexibility index (Phi) is 4.90. The van der Waals surface area contributed by atoms with Crippen molar-refractivity contribution in [3.05, 3.63) is 51.2 Å². The summed E-state index contributed by atoms with van der Waals surface area (Å²) < 4.78 is 47.9. The Labute approximate surface area is 138 Å². The van der Waals surface area contributed by atoms with E-state index in [2.05, 4.69) is 31.9 Å². The number of ether oxygens (including phenoxy) is 1. The molecule has 0 aliphatic heterocycles. The van der Waals surface area contributed by atoms with Crippen molar-refractivity contribution >= 4 is 42.0 Å². The first-order valence-electron chi connectivity index (χ1n) is 5.56. The van der Waals surface area contributed by atoms with E-state index in [1.165, 1.54) is 19.2 Å². The van der Waals surface area contributed by atoms with Gasteiger partial charge in [-0.15, -0.1) is 0 Å². The van der Waals surface area contributed by atoms with Crippen LogP contribution in [0.1, 0.15) is 0 Å². The molecular weight excluding hydrogens is 431 g/mol. The van der Waals surface area contributed by atoms with E-state index in [-0.39, 0.29) is 19.6 Å². The van der Waals surface area contributed by atoms with E-state index in [0.717, 1.165) is 12.1 Å². The van der Waals surface area contributed by atoms with Crippen LogP contribution in [0.2, 0.25) is 0 Å². The average Bonchev–Trinajstić information content (AvgIpc) is 2.37. The molecule has 0 fully saturated rings. The van der Waals surface area contributed by atoms with Gasteiger partial charge in [0.1, 0.15) is 22.2 Å². The third-order valence-electron chi connectivity index (χ3n) is 2.48. The number of rotatable bonds is 4. The summed E-state index contributed by atoms with van der Waals surface area (Å²) >= 11 is 6.04. The number of hydrogen-bond acceptors (Lipinski definition) is 4. The standard InChI is InChI=1S/C13H9Br2FO4S/c1-19-9-2-4-10(5-3-9)20-21(17,18)13-11(14)6-8(16)7-12(13)15/h2-7H,1H3. The van der Waals surface area contributed by atoms with Crippen molar-refractivity contribution < 1.29 is 21.7 Å². The molecule has 2 rings (SSSR count). The second-order valence-corrected chi connectivity index (χ2v) is 7.10. The molecule has 2 aromatic rings. The fraction of sp³-hybridized carbons (Fsp3) is 0.0769. The number of benzene rings is 2. The first-order chi connectivity index (χ1) is 9.83. The lowest BCUT2D eigenvalue weighted by atomic mass is 10.3. The minimum absolute atomic E-state index is 0.0721. The Hall–Kier alpha value is -1.12. The Morgan fingerprint density at radius 3 is 1.95 bits per heavy atom. The van der Waals surface area contributed by atoms with Gasteiger partial charge in [0, 0.05) is 8.95 Å². The Bertz CT molecular complexity index is 737. The molecular formula is C13H9Br2FO4S. The van der Waals surface area contributed by atoms with Crippen LogP contribution in [0.25, 0.3) is 0 Å². The molecule has 2 aromatic carbocycles. The highest BCUT2D eigenvalue weighted by Crippen LogP contribution is 2.33. The molecule has 0 unspecified atom stereocenters. The molecule has 0 saturated heterocycles. The summed E-state index contributed by atoms with van der Waals surface area (Å²) in [6.07, 6.45) is 0. The lowest BCUT2D eigenvalue weighted by molar-refractivity contribution is 0.413. The van der Waals surface area contributed by atoms with Crippen molar-refractivity contribution in [3.63, 3.8) is 0 Å². The predicted molar refractivity (Wildman–Crippen MR) is 82.6 cm³/mol. The number of methoxy groups -OCH3 is 1. The summed E-state index contributed by atoms with van der Waals surface area (Å²) in [5, 5.41) is 0. The highest BCUT2D eigenvalue weighted by molar-refractivity contribution is 9.11. The van der Waals surface area contributed by atoms with Crippen LogP contribution < -0.4 is 8.92 Å². The zero-order valence-corrected chi connectivity index (χ0v) is 14.6. The van der Waals surface area contributed by atoms with Gasteiger partial charge < -0.3 is 8.92 Å². The molecule has 0 heterocycles. The van der Waals surface area contributed by atoms with E-state index in [0.29, 0.717) is 5.75 Å². The molecule has 21 heavy (non-hydrogen) atoms. The van der Waals surface area contributed by atoms with Gasteiger partial charge in [0.2, 0.25) is 0 Å². The largest absolute Gasteiger partial charge is 0.497 e. The topological polar surface area (TPSA) is 52.6 Å². The first kappa shape index (κ1) is 16.3. The fourth-order valence-corrected chi connectivity index (χ4v) is 4.93. The zero-order chi connectivity index (χ0) is 15.6. The van der Waals surface area contributed by atoms with Gasteiger partial charge in [0.15, 0.2) is 0 Å². The summed E-state index contributed by atoms with van der Waals surface area (Å²) in [6.45, 7) is 0. The fourth-order valence-electron chi connectivity index (χ4n) is 1.57. The van der Waals surface area contributed by atoms with Gasteiger partial charge in [-0.1, -0.05) is 0 Å². The third-order valence-corrected chi connectivity index (χ3v) is 5.61. The van der Waals surface area contributed by atoms with Crippen molar-refractivity contribution in [2.45, 2.75) is 4.90 Å². The minimum Gasteiger partial charge on any atom is -0.497 e. The van der Waals surface area contributed by atoms with Crippen LogP contribution in [-0.2, 0) is 10.1 Å². The molecule has 0 radical (unpaired) electrons. The Morgan fingerprint density at radius 1 is 1.00 bits per heavy atom. The maximum Gasteiger partial charge on any atom is 0.341 e. The van der Waals surface area contributed by atoms with Crippen LogP contribution in [0.5, 0.6) is 11.5 Å². The number of hydrogen-bond donors (Lipinski definition) is 0. The molecule has 0 aliphatic carbocycles. The van der Waals surface area contributed by atoms with Crippen LogP contribution in [0.15, 0.2) is 50.2 Å². The molecule has 0 aliphatic rings. The van der Waals surface area contributed by atoms with Crippen LogP contribution in [0, 0.1) is 5.82 Å². The molecule has 8 heteroatoms. The molecule has 112 valence electrons. The van der Waals surface area contributed by atoms with Crippen LogP contribution in [0.4, 0.5) is 4.39 Å². The lowest BCUT2D eigenvalue weighted by Crippen LogP contribution is -2.11. The summed E-state index contributed by atoms with van der Waals surface area (Å²) in [5.74, 6) is 0.125. The normalized spacial score (nSPS) is 11.2. The molecule has 4 nitrogen and oxygen atoms in total. The van der Waals surface area contributed by atoms with Crippen molar-refractivity contribution in [2.24, 2.45) is 0 Å². The molecule has 0 bridgehead atoms. The van der Waals surface area contributed by atoms with Crippen molar-refractivity contribution in [1.29, 1.82) is 0 Å². The first-order valence-corrected chi connectivity index (χ1v) is 8.56. The van der Waals surface area contributed by atoms with E-state index in [9.17, 15) is 12.8 Å². The summed E-state index contributed by atoms with van der Waals surface area (Å²) in [7, 11) is -2.61. The highest BCUT2D eigenvalue weighted by atomic mass is 79.9. The Morgan fingerprint density at radius 2 is 1.48 bits per heavy atom. The SMILES string of the molecule is COc1ccc(OS(=O)(=O)c2c(Br)cc(F)cc2Br)cc1. The van der Waals surface area contributed by atoms with E-state index in [1.54, 1.807) is 12.1 Å². The maximum atomic E-state index is 13.2. The molecule has 0 N–H and O–H groups in total. The maximum absolute atomic E-state index is 13.2. The van der Waals surface area contributed by atoms with Crippen LogP contribution >= 0.6 is 31.9 Å². The second kappa shape index (κ2) is 6.33. The highest BCUT2D eigenvalue weighted by Gasteiger charge is 2.24. The van der Waals surface area contributed by atoms with E-state index >= 15 is 0 Å². The average molecular weight is 440 g/mol. The van der Waals surface area contributed by atoms with Gasteiger partial charge >= 0.3 is 10.1 Å². The smallest absolute Gasteiger partial charge is 0.341 e.